The number of aromatic hydroxyl groups is 1. The minimum absolute atomic E-state index is 0.146. The maximum Gasteiger partial charge on any atom is 0.132 e. The molecule has 0 aliphatic rings. The number of hydrogen-bond donors (Lipinski definition) is 2. The lowest BCUT2D eigenvalue weighted by Gasteiger charge is -2.12. The van der Waals surface area contributed by atoms with E-state index in [0.717, 1.165) is 5.56 Å². The van der Waals surface area contributed by atoms with Crippen LogP contribution in [-0.2, 0) is 6.61 Å². The van der Waals surface area contributed by atoms with Crippen molar-refractivity contribution in [2.24, 2.45) is 0 Å². The molecule has 0 saturated carbocycles. The van der Waals surface area contributed by atoms with Gasteiger partial charge in [-0.15, -0.1) is 0 Å². The number of phenolic OH excluding ortho intramolecular Hbond substituents is 1. The summed E-state index contributed by atoms with van der Waals surface area (Å²) in [6.07, 6.45) is 3.20. The molecule has 0 aliphatic carbocycles. The SMILES string of the molecule is Oc1cccc(OCc2ccc(Cl)cc2)c1-c1cnc[nH]1. The average Bonchev–Trinajstić information content (AvgIpc) is 3.00. The van der Waals surface area contributed by atoms with Gasteiger partial charge in [0, 0.05) is 5.02 Å². The normalized spacial score (nSPS) is 10.5. The van der Waals surface area contributed by atoms with Gasteiger partial charge in [-0.25, -0.2) is 4.98 Å². The van der Waals surface area contributed by atoms with E-state index in [4.69, 9.17) is 16.3 Å². The van der Waals surface area contributed by atoms with Crippen LogP contribution in [0.3, 0.4) is 0 Å². The Bertz CT molecular complexity index is 725. The smallest absolute Gasteiger partial charge is 0.132 e. The van der Waals surface area contributed by atoms with Gasteiger partial charge in [0.1, 0.15) is 18.1 Å². The zero-order chi connectivity index (χ0) is 14.7. The molecule has 0 bridgehead atoms. The number of halogens is 1. The van der Waals surface area contributed by atoms with E-state index in [1.807, 2.05) is 30.3 Å². The summed E-state index contributed by atoms with van der Waals surface area (Å²) in [6, 6.07) is 12.6. The number of nitrogens with zero attached hydrogens (tertiary/aromatic N) is 1. The lowest BCUT2D eigenvalue weighted by molar-refractivity contribution is 0.306. The molecule has 0 fully saturated rings. The first-order chi connectivity index (χ1) is 10.2. The fourth-order valence-electron chi connectivity index (χ4n) is 2.04. The lowest BCUT2D eigenvalue weighted by Crippen LogP contribution is -1.97. The third kappa shape index (κ3) is 3.01. The number of aromatic nitrogens is 2. The van der Waals surface area contributed by atoms with Gasteiger partial charge in [-0.3, -0.25) is 0 Å². The van der Waals surface area contributed by atoms with Crippen LogP contribution in [0.2, 0.25) is 5.02 Å². The number of imidazole rings is 1. The average molecular weight is 301 g/mol. The molecule has 5 heteroatoms. The fraction of sp³-hybridized carbons (Fsp3) is 0.0625. The van der Waals surface area contributed by atoms with Crippen molar-refractivity contribution in [2.75, 3.05) is 0 Å². The minimum atomic E-state index is 0.146. The molecule has 0 saturated heterocycles. The Morgan fingerprint density at radius 1 is 1.14 bits per heavy atom. The molecule has 0 spiro atoms. The van der Waals surface area contributed by atoms with E-state index in [2.05, 4.69) is 9.97 Å². The molecule has 2 aromatic carbocycles. The number of phenols is 1. The fourth-order valence-corrected chi connectivity index (χ4v) is 2.17. The van der Waals surface area contributed by atoms with Crippen LogP contribution in [-0.4, -0.2) is 15.1 Å². The van der Waals surface area contributed by atoms with Crippen LogP contribution in [0, 0.1) is 0 Å². The number of ether oxygens (including phenoxy) is 1. The summed E-state index contributed by atoms with van der Waals surface area (Å²) in [5, 5.41) is 10.7. The Balaban J connectivity index is 1.86. The Kier molecular flexibility index (Phi) is 3.79. The van der Waals surface area contributed by atoms with E-state index in [0.29, 0.717) is 28.6 Å². The van der Waals surface area contributed by atoms with E-state index in [1.54, 1.807) is 24.7 Å². The van der Waals surface area contributed by atoms with Gasteiger partial charge >= 0.3 is 0 Å². The van der Waals surface area contributed by atoms with Gasteiger partial charge in [0.15, 0.2) is 0 Å². The molecule has 0 amide bonds. The van der Waals surface area contributed by atoms with Crippen LogP contribution in [0.15, 0.2) is 55.0 Å². The molecular weight excluding hydrogens is 288 g/mol. The van der Waals surface area contributed by atoms with Crippen LogP contribution in [0.4, 0.5) is 0 Å². The third-order valence-electron chi connectivity index (χ3n) is 3.08. The van der Waals surface area contributed by atoms with Gasteiger partial charge in [-0.05, 0) is 29.8 Å². The Morgan fingerprint density at radius 2 is 1.95 bits per heavy atom. The molecule has 1 heterocycles. The van der Waals surface area contributed by atoms with Crippen molar-refractivity contribution < 1.29 is 9.84 Å². The largest absolute Gasteiger partial charge is 0.507 e. The first-order valence-corrected chi connectivity index (χ1v) is 6.80. The summed E-state index contributed by atoms with van der Waals surface area (Å²) >= 11 is 5.86. The van der Waals surface area contributed by atoms with Crippen molar-refractivity contribution in [3.8, 4) is 22.8 Å². The maximum absolute atomic E-state index is 10.1. The Hall–Kier alpha value is -2.46. The van der Waals surface area contributed by atoms with Crippen LogP contribution in [0.25, 0.3) is 11.3 Å². The summed E-state index contributed by atoms with van der Waals surface area (Å²) in [7, 11) is 0. The predicted octanol–water partition coefficient (Wildman–Crippen LogP) is 4.01. The van der Waals surface area contributed by atoms with Gasteiger partial charge in [-0.1, -0.05) is 29.8 Å². The lowest BCUT2D eigenvalue weighted by atomic mass is 10.1. The first kappa shape index (κ1) is 13.5. The number of benzene rings is 2. The van der Waals surface area contributed by atoms with Gasteiger partial charge < -0.3 is 14.8 Å². The summed E-state index contributed by atoms with van der Waals surface area (Å²) in [5.41, 5.74) is 2.31. The molecular formula is C16H13ClN2O2. The molecule has 0 aliphatic heterocycles. The van der Waals surface area contributed by atoms with Crippen LogP contribution >= 0.6 is 11.6 Å². The van der Waals surface area contributed by atoms with Crippen molar-refractivity contribution >= 4 is 11.6 Å². The molecule has 3 rings (SSSR count). The van der Waals surface area contributed by atoms with Crippen LogP contribution in [0.5, 0.6) is 11.5 Å². The topological polar surface area (TPSA) is 58.1 Å². The first-order valence-electron chi connectivity index (χ1n) is 6.42. The molecule has 0 atom stereocenters. The maximum atomic E-state index is 10.1. The molecule has 0 unspecified atom stereocenters. The Morgan fingerprint density at radius 3 is 2.67 bits per heavy atom. The van der Waals surface area contributed by atoms with Gasteiger partial charge in [-0.2, -0.15) is 0 Å². The number of aromatic amines is 1. The highest BCUT2D eigenvalue weighted by Crippen LogP contribution is 2.36. The summed E-state index contributed by atoms with van der Waals surface area (Å²) < 4.78 is 5.82. The predicted molar refractivity (Wildman–Crippen MR) is 81.5 cm³/mol. The monoisotopic (exact) mass is 300 g/mol. The van der Waals surface area contributed by atoms with Crippen molar-refractivity contribution in [3.63, 3.8) is 0 Å². The molecule has 106 valence electrons. The number of nitrogens with one attached hydrogen (secondary N) is 1. The van der Waals surface area contributed by atoms with Crippen molar-refractivity contribution in [1.82, 2.24) is 9.97 Å². The number of rotatable bonds is 4. The molecule has 0 radical (unpaired) electrons. The zero-order valence-corrected chi connectivity index (χ0v) is 11.8. The second-order valence-corrected chi connectivity index (χ2v) is 4.97. The minimum Gasteiger partial charge on any atom is -0.507 e. The second kappa shape index (κ2) is 5.89. The van der Waals surface area contributed by atoms with Gasteiger partial charge in [0.25, 0.3) is 0 Å². The van der Waals surface area contributed by atoms with Crippen LogP contribution in [0.1, 0.15) is 5.56 Å². The van der Waals surface area contributed by atoms with E-state index in [-0.39, 0.29) is 5.75 Å². The van der Waals surface area contributed by atoms with E-state index in [1.165, 1.54) is 0 Å². The number of H-pyrrole nitrogens is 1. The molecule has 4 nitrogen and oxygen atoms in total. The van der Waals surface area contributed by atoms with Gasteiger partial charge in [0.2, 0.25) is 0 Å². The van der Waals surface area contributed by atoms with Crippen molar-refractivity contribution in [3.05, 3.63) is 65.6 Å². The van der Waals surface area contributed by atoms with Crippen LogP contribution < -0.4 is 4.74 Å². The highest BCUT2D eigenvalue weighted by Gasteiger charge is 2.12. The van der Waals surface area contributed by atoms with E-state index in [9.17, 15) is 5.11 Å². The van der Waals surface area contributed by atoms with E-state index < -0.39 is 0 Å². The molecule has 3 aromatic rings. The van der Waals surface area contributed by atoms with Crippen molar-refractivity contribution in [1.29, 1.82) is 0 Å². The molecule has 1 aromatic heterocycles. The number of hydrogen-bond acceptors (Lipinski definition) is 3. The van der Waals surface area contributed by atoms with Gasteiger partial charge in [0.05, 0.1) is 23.8 Å². The third-order valence-corrected chi connectivity index (χ3v) is 3.33. The highest BCUT2D eigenvalue weighted by molar-refractivity contribution is 6.30. The van der Waals surface area contributed by atoms with E-state index >= 15 is 0 Å². The summed E-state index contributed by atoms with van der Waals surface area (Å²) in [4.78, 5) is 6.94. The Labute approximate surface area is 127 Å². The standard InChI is InChI=1S/C16H13ClN2O2/c17-12-6-4-11(5-7-12)9-21-15-3-1-2-14(20)16(15)13-8-18-10-19-13/h1-8,10,20H,9H2,(H,18,19). The zero-order valence-electron chi connectivity index (χ0n) is 11.1. The quantitative estimate of drug-likeness (QED) is 0.765. The molecule has 21 heavy (non-hydrogen) atoms. The van der Waals surface area contributed by atoms with Crippen molar-refractivity contribution in [2.45, 2.75) is 6.61 Å². The summed E-state index contributed by atoms with van der Waals surface area (Å²) in [5.74, 6) is 0.738. The second-order valence-electron chi connectivity index (χ2n) is 4.53. The summed E-state index contributed by atoms with van der Waals surface area (Å²) in [6.45, 7) is 0.391. The molecule has 2 N–H and O–H groups in total. The highest BCUT2D eigenvalue weighted by atomic mass is 35.5.